The zero-order valence-electron chi connectivity index (χ0n) is 11.3. The van der Waals surface area contributed by atoms with Crippen molar-refractivity contribution in [2.45, 2.75) is 19.4 Å². The molecule has 0 aliphatic carbocycles. The van der Waals surface area contributed by atoms with Gasteiger partial charge in [0.1, 0.15) is 11.5 Å². The van der Waals surface area contributed by atoms with Gasteiger partial charge in [0.2, 0.25) is 0 Å². The second-order valence-electron chi connectivity index (χ2n) is 4.09. The van der Waals surface area contributed by atoms with Crippen molar-refractivity contribution < 1.29 is 4.79 Å². The number of anilines is 1. The average Bonchev–Trinajstić information content (AvgIpc) is 2.43. The molecule has 1 unspecified atom stereocenters. The van der Waals surface area contributed by atoms with Crippen LogP contribution in [0.1, 0.15) is 23.8 Å². The number of rotatable bonds is 6. The second-order valence-corrected chi connectivity index (χ2v) is 5.07. The third kappa shape index (κ3) is 3.87. The molecule has 0 aromatic carbocycles. The number of nitrogens with zero attached hydrogens (tertiary/aromatic N) is 3. The summed E-state index contributed by atoms with van der Waals surface area (Å²) in [7, 11) is 3.56. The predicted octanol–water partition coefficient (Wildman–Crippen LogP) is 1.73. The molecule has 1 atom stereocenters. The molecule has 1 amide bonds. The Morgan fingerprint density at radius 1 is 1.56 bits per heavy atom. The van der Waals surface area contributed by atoms with Crippen molar-refractivity contribution in [3.8, 4) is 0 Å². The molecule has 0 radical (unpaired) electrons. The van der Waals surface area contributed by atoms with E-state index in [-0.39, 0.29) is 11.9 Å². The molecule has 0 bridgehead atoms. The maximum atomic E-state index is 12.2. The van der Waals surface area contributed by atoms with Crippen molar-refractivity contribution in [3.63, 3.8) is 0 Å². The second kappa shape index (κ2) is 7.20. The van der Waals surface area contributed by atoms with E-state index in [9.17, 15) is 4.79 Å². The quantitative estimate of drug-likeness (QED) is 0.851. The molecular formula is C12H20N4OS. The average molecular weight is 268 g/mol. The topological polar surface area (TPSA) is 58.1 Å². The first-order chi connectivity index (χ1) is 8.60. The third-order valence-electron chi connectivity index (χ3n) is 2.83. The first kappa shape index (κ1) is 14.8. The number of hydrogen-bond donors (Lipinski definition) is 1. The highest BCUT2D eigenvalue weighted by molar-refractivity contribution is 7.98. The highest BCUT2D eigenvalue weighted by atomic mass is 32.2. The number of amides is 1. The molecule has 0 saturated heterocycles. The van der Waals surface area contributed by atoms with Gasteiger partial charge in [-0.3, -0.25) is 9.78 Å². The van der Waals surface area contributed by atoms with Crippen LogP contribution in [-0.2, 0) is 0 Å². The molecule has 5 nitrogen and oxygen atoms in total. The lowest BCUT2D eigenvalue weighted by atomic mass is 10.2. The van der Waals surface area contributed by atoms with Crippen molar-refractivity contribution in [1.29, 1.82) is 0 Å². The lowest BCUT2D eigenvalue weighted by Gasteiger charge is -2.24. The Kier molecular flexibility index (Phi) is 5.91. The molecule has 0 fully saturated rings. The standard InChI is InChI=1S/C12H20N4OS/c1-9(5-6-18-4)16(3)12(17)10-7-14-8-11(13-2)15-10/h7-9H,5-6H2,1-4H3,(H,13,15). The van der Waals surface area contributed by atoms with Crippen molar-refractivity contribution in [2.24, 2.45) is 0 Å². The van der Waals surface area contributed by atoms with E-state index in [0.717, 1.165) is 12.2 Å². The monoisotopic (exact) mass is 268 g/mol. The van der Waals surface area contributed by atoms with Gasteiger partial charge < -0.3 is 10.2 Å². The van der Waals surface area contributed by atoms with Crippen LogP contribution >= 0.6 is 11.8 Å². The molecule has 1 N–H and O–H groups in total. The largest absolute Gasteiger partial charge is 0.372 e. The van der Waals surface area contributed by atoms with Gasteiger partial charge in [-0.1, -0.05) is 0 Å². The fraction of sp³-hybridized carbons (Fsp3) is 0.583. The van der Waals surface area contributed by atoms with Crippen molar-refractivity contribution in [1.82, 2.24) is 14.9 Å². The van der Waals surface area contributed by atoms with Gasteiger partial charge in [0.15, 0.2) is 0 Å². The van der Waals surface area contributed by atoms with Crippen LogP contribution < -0.4 is 5.32 Å². The normalized spacial score (nSPS) is 12.0. The van der Waals surface area contributed by atoms with Gasteiger partial charge in [0.25, 0.3) is 5.91 Å². The number of aromatic nitrogens is 2. The first-order valence-electron chi connectivity index (χ1n) is 5.86. The van der Waals surface area contributed by atoms with Crippen LogP contribution in [0.4, 0.5) is 5.82 Å². The summed E-state index contributed by atoms with van der Waals surface area (Å²) in [5.41, 5.74) is 0.375. The molecule has 6 heteroatoms. The molecule has 1 rings (SSSR count). The summed E-state index contributed by atoms with van der Waals surface area (Å²) < 4.78 is 0. The van der Waals surface area contributed by atoms with E-state index in [1.165, 1.54) is 6.20 Å². The van der Waals surface area contributed by atoms with Crippen LogP contribution in [0.2, 0.25) is 0 Å². The molecule has 1 heterocycles. The number of thioether (sulfide) groups is 1. The Morgan fingerprint density at radius 3 is 2.89 bits per heavy atom. The Balaban J connectivity index is 2.72. The minimum Gasteiger partial charge on any atom is -0.372 e. The third-order valence-corrected chi connectivity index (χ3v) is 3.48. The lowest BCUT2D eigenvalue weighted by Crippen LogP contribution is -2.36. The van der Waals surface area contributed by atoms with E-state index >= 15 is 0 Å². The van der Waals surface area contributed by atoms with Gasteiger partial charge in [-0.25, -0.2) is 4.98 Å². The van der Waals surface area contributed by atoms with Gasteiger partial charge >= 0.3 is 0 Å². The molecule has 0 saturated carbocycles. The predicted molar refractivity (Wildman–Crippen MR) is 76.1 cm³/mol. The van der Waals surface area contributed by atoms with Crippen molar-refractivity contribution >= 4 is 23.5 Å². The van der Waals surface area contributed by atoms with E-state index in [0.29, 0.717) is 11.5 Å². The summed E-state index contributed by atoms with van der Waals surface area (Å²) in [6.07, 6.45) is 6.13. The molecular weight excluding hydrogens is 248 g/mol. The molecule has 0 spiro atoms. The van der Waals surface area contributed by atoms with Gasteiger partial charge in [-0.2, -0.15) is 11.8 Å². The number of carbonyl (C=O) groups is 1. The molecule has 100 valence electrons. The van der Waals surface area contributed by atoms with Gasteiger partial charge in [0, 0.05) is 20.1 Å². The van der Waals surface area contributed by atoms with Crippen LogP contribution in [0.3, 0.4) is 0 Å². The first-order valence-corrected chi connectivity index (χ1v) is 7.25. The zero-order valence-corrected chi connectivity index (χ0v) is 12.1. The Bertz CT molecular complexity index is 399. The van der Waals surface area contributed by atoms with Gasteiger partial charge in [0.05, 0.1) is 12.4 Å². The minimum absolute atomic E-state index is 0.0896. The summed E-state index contributed by atoms with van der Waals surface area (Å²) >= 11 is 1.79. The van der Waals surface area contributed by atoms with Gasteiger partial charge in [-0.15, -0.1) is 0 Å². The summed E-state index contributed by atoms with van der Waals surface area (Å²) in [5.74, 6) is 1.56. The van der Waals surface area contributed by atoms with E-state index in [4.69, 9.17) is 0 Å². The Labute approximate surface area is 112 Å². The number of nitrogens with one attached hydrogen (secondary N) is 1. The molecule has 18 heavy (non-hydrogen) atoms. The molecule has 1 aromatic heterocycles. The van der Waals surface area contributed by atoms with E-state index in [1.807, 2.05) is 6.92 Å². The van der Waals surface area contributed by atoms with Gasteiger partial charge in [-0.05, 0) is 25.4 Å². The highest BCUT2D eigenvalue weighted by Crippen LogP contribution is 2.10. The summed E-state index contributed by atoms with van der Waals surface area (Å²) in [5, 5.41) is 2.88. The Morgan fingerprint density at radius 2 is 2.28 bits per heavy atom. The SMILES string of the molecule is CNc1cncc(C(=O)N(C)C(C)CCSC)n1. The molecule has 0 aliphatic rings. The summed E-state index contributed by atoms with van der Waals surface area (Å²) in [4.78, 5) is 22.1. The molecule has 1 aromatic rings. The van der Waals surface area contributed by atoms with Crippen LogP contribution in [0, 0.1) is 0 Å². The minimum atomic E-state index is -0.0896. The maximum Gasteiger partial charge on any atom is 0.274 e. The lowest BCUT2D eigenvalue weighted by molar-refractivity contribution is 0.0735. The van der Waals surface area contributed by atoms with E-state index in [2.05, 4.69) is 21.5 Å². The smallest absolute Gasteiger partial charge is 0.274 e. The summed E-state index contributed by atoms with van der Waals surface area (Å²) in [6, 6.07) is 0.199. The summed E-state index contributed by atoms with van der Waals surface area (Å²) in [6.45, 7) is 2.05. The fourth-order valence-corrected chi connectivity index (χ4v) is 2.03. The van der Waals surface area contributed by atoms with Crippen LogP contribution in [0.5, 0.6) is 0 Å². The molecule has 0 aliphatic heterocycles. The maximum absolute atomic E-state index is 12.2. The van der Waals surface area contributed by atoms with Crippen LogP contribution in [0.15, 0.2) is 12.4 Å². The van der Waals surface area contributed by atoms with Crippen molar-refractivity contribution in [2.75, 3.05) is 31.4 Å². The fourth-order valence-electron chi connectivity index (χ4n) is 1.45. The van der Waals surface area contributed by atoms with Crippen LogP contribution in [-0.4, -0.2) is 52.9 Å². The highest BCUT2D eigenvalue weighted by Gasteiger charge is 2.18. The number of hydrogen-bond acceptors (Lipinski definition) is 5. The Hall–Kier alpha value is -1.30. The number of carbonyl (C=O) groups excluding carboxylic acids is 1. The van der Waals surface area contributed by atoms with Crippen LogP contribution in [0.25, 0.3) is 0 Å². The zero-order chi connectivity index (χ0) is 13.5. The van der Waals surface area contributed by atoms with E-state index in [1.54, 1.807) is 37.0 Å². The van der Waals surface area contributed by atoms with E-state index < -0.39 is 0 Å². The van der Waals surface area contributed by atoms with Crippen molar-refractivity contribution in [3.05, 3.63) is 18.1 Å².